The first-order valence-corrected chi connectivity index (χ1v) is 7.76. The molecule has 0 aromatic heterocycles. The van der Waals surface area contributed by atoms with Crippen LogP contribution in [0.4, 0.5) is 0 Å². The summed E-state index contributed by atoms with van der Waals surface area (Å²) >= 11 is 3.38. The molecule has 2 rings (SSSR count). The van der Waals surface area contributed by atoms with Crippen LogP contribution < -0.4 is 4.74 Å². The summed E-state index contributed by atoms with van der Waals surface area (Å²) in [4.78, 5) is 2.23. The Morgan fingerprint density at radius 1 is 1.30 bits per heavy atom. The third-order valence-corrected chi connectivity index (χ3v) is 3.75. The van der Waals surface area contributed by atoms with Crippen LogP contribution in [-0.4, -0.2) is 54.6 Å². The highest BCUT2D eigenvalue weighted by atomic mass is 79.9. The summed E-state index contributed by atoms with van der Waals surface area (Å²) in [6.07, 6.45) is -0.0483. The lowest BCUT2D eigenvalue weighted by molar-refractivity contribution is -0.0786. The molecule has 5 heteroatoms. The number of aliphatic hydroxyl groups is 1. The van der Waals surface area contributed by atoms with Crippen molar-refractivity contribution in [1.82, 2.24) is 4.90 Å². The van der Waals surface area contributed by atoms with E-state index in [9.17, 15) is 5.11 Å². The van der Waals surface area contributed by atoms with Gasteiger partial charge in [-0.3, -0.25) is 4.90 Å². The normalized spacial score (nSPS) is 25.4. The van der Waals surface area contributed by atoms with Crippen molar-refractivity contribution in [3.05, 3.63) is 28.7 Å². The topological polar surface area (TPSA) is 41.9 Å². The van der Waals surface area contributed by atoms with E-state index in [1.807, 2.05) is 24.3 Å². The molecule has 1 heterocycles. The van der Waals surface area contributed by atoms with Crippen LogP contribution in [0.5, 0.6) is 5.75 Å². The van der Waals surface area contributed by atoms with Gasteiger partial charge in [-0.25, -0.2) is 0 Å². The quantitative estimate of drug-likeness (QED) is 0.890. The van der Waals surface area contributed by atoms with Gasteiger partial charge in [0.1, 0.15) is 18.5 Å². The fourth-order valence-corrected chi connectivity index (χ4v) is 2.77. The maximum atomic E-state index is 10.1. The third kappa shape index (κ3) is 5.05. The van der Waals surface area contributed by atoms with E-state index in [1.54, 1.807) is 0 Å². The molecule has 1 saturated heterocycles. The number of rotatable bonds is 5. The van der Waals surface area contributed by atoms with Gasteiger partial charge >= 0.3 is 0 Å². The van der Waals surface area contributed by atoms with Crippen LogP contribution in [0.25, 0.3) is 0 Å². The van der Waals surface area contributed by atoms with Crippen molar-refractivity contribution in [3.8, 4) is 5.75 Å². The number of nitrogens with zero attached hydrogens (tertiary/aromatic N) is 1. The van der Waals surface area contributed by atoms with Crippen molar-refractivity contribution in [2.24, 2.45) is 0 Å². The second kappa shape index (κ2) is 7.41. The molecule has 112 valence electrons. The Morgan fingerprint density at radius 2 is 1.90 bits per heavy atom. The molecular weight excluding hydrogens is 322 g/mol. The molecule has 0 aliphatic carbocycles. The number of hydrogen-bond donors (Lipinski definition) is 1. The lowest BCUT2D eigenvalue weighted by Crippen LogP contribution is -2.48. The summed E-state index contributed by atoms with van der Waals surface area (Å²) in [6.45, 7) is 6.77. The smallest absolute Gasteiger partial charge is 0.119 e. The van der Waals surface area contributed by atoms with Crippen molar-refractivity contribution in [2.75, 3.05) is 26.2 Å². The van der Waals surface area contributed by atoms with Gasteiger partial charge in [-0.2, -0.15) is 0 Å². The molecule has 0 spiro atoms. The Kier molecular flexibility index (Phi) is 5.84. The first kappa shape index (κ1) is 15.8. The van der Waals surface area contributed by atoms with Crippen LogP contribution in [0.1, 0.15) is 13.8 Å². The fourth-order valence-electron chi connectivity index (χ4n) is 2.51. The SMILES string of the molecule is C[C@@H]1CN(C[C@@H](O)COc2ccc(Br)cc2)C[C@H](C)O1. The van der Waals surface area contributed by atoms with Crippen molar-refractivity contribution in [1.29, 1.82) is 0 Å². The zero-order valence-corrected chi connectivity index (χ0v) is 13.5. The van der Waals surface area contributed by atoms with Crippen LogP contribution in [0.3, 0.4) is 0 Å². The molecule has 1 aromatic carbocycles. The molecule has 0 saturated carbocycles. The van der Waals surface area contributed by atoms with E-state index in [1.165, 1.54) is 0 Å². The molecule has 3 atom stereocenters. The fraction of sp³-hybridized carbons (Fsp3) is 0.600. The number of ether oxygens (including phenoxy) is 2. The first-order chi connectivity index (χ1) is 9.52. The Bertz CT molecular complexity index is 402. The molecule has 0 unspecified atom stereocenters. The summed E-state index contributed by atoms with van der Waals surface area (Å²) in [7, 11) is 0. The van der Waals surface area contributed by atoms with Crippen molar-refractivity contribution < 1.29 is 14.6 Å². The monoisotopic (exact) mass is 343 g/mol. The predicted octanol–water partition coefficient (Wildman–Crippen LogP) is 2.30. The van der Waals surface area contributed by atoms with Gasteiger partial charge in [0, 0.05) is 24.1 Å². The van der Waals surface area contributed by atoms with Gasteiger partial charge in [-0.05, 0) is 38.1 Å². The Balaban J connectivity index is 1.74. The van der Waals surface area contributed by atoms with E-state index < -0.39 is 6.10 Å². The average Bonchev–Trinajstić information content (AvgIpc) is 2.37. The number of aliphatic hydroxyl groups excluding tert-OH is 1. The van der Waals surface area contributed by atoms with E-state index in [2.05, 4.69) is 34.7 Å². The Morgan fingerprint density at radius 3 is 2.50 bits per heavy atom. The lowest BCUT2D eigenvalue weighted by Gasteiger charge is -2.36. The van der Waals surface area contributed by atoms with Crippen LogP contribution in [-0.2, 0) is 4.74 Å². The summed E-state index contributed by atoms with van der Waals surface area (Å²) in [5.74, 6) is 0.774. The maximum absolute atomic E-state index is 10.1. The molecule has 20 heavy (non-hydrogen) atoms. The second-order valence-corrected chi connectivity index (χ2v) is 6.31. The summed E-state index contributed by atoms with van der Waals surface area (Å²) in [6, 6.07) is 7.62. The average molecular weight is 344 g/mol. The lowest BCUT2D eigenvalue weighted by atomic mass is 10.2. The largest absolute Gasteiger partial charge is 0.491 e. The Hall–Kier alpha value is -0.620. The number of halogens is 1. The van der Waals surface area contributed by atoms with Crippen LogP contribution >= 0.6 is 15.9 Å². The minimum Gasteiger partial charge on any atom is -0.491 e. The van der Waals surface area contributed by atoms with E-state index in [-0.39, 0.29) is 12.2 Å². The molecule has 1 fully saturated rings. The maximum Gasteiger partial charge on any atom is 0.119 e. The van der Waals surface area contributed by atoms with Gasteiger partial charge in [-0.1, -0.05) is 15.9 Å². The molecule has 0 radical (unpaired) electrons. The van der Waals surface area contributed by atoms with Gasteiger partial charge in [0.15, 0.2) is 0 Å². The van der Waals surface area contributed by atoms with E-state index in [0.29, 0.717) is 13.2 Å². The highest BCUT2D eigenvalue weighted by Gasteiger charge is 2.23. The molecular formula is C15H22BrNO3. The van der Waals surface area contributed by atoms with E-state index in [4.69, 9.17) is 9.47 Å². The standard InChI is InChI=1S/C15H22BrNO3/c1-11-7-17(8-12(2)20-11)9-14(18)10-19-15-5-3-13(16)4-6-15/h3-6,11-12,14,18H,7-10H2,1-2H3/t11-,12+,14-/m1/s1. The molecule has 1 N–H and O–H groups in total. The Labute approximate surface area is 128 Å². The molecule has 0 bridgehead atoms. The zero-order valence-electron chi connectivity index (χ0n) is 12.0. The minimum absolute atomic E-state index is 0.221. The highest BCUT2D eigenvalue weighted by molar-refractivity contribution is 9.10. The molecule has 1 aliphatic rings. The van der Waals surface area contributed by atoms with Gasteiger partial charge < -0.3 is 14.6 Å². The van der Waals surface area contributed by atoms with Crippen LogP contribution in [0.2, 0.25) is 0 Å². The zero-order chi connectivity index (χ0) is 14.5. The number of benzene rings is 1. The number of morpholine rings is 1. The highest BCUT2D eigenvalue weighted by Crippen LogP contribution is 2.16. The molecule has 1 aromatic rings. The summed E-state index contributed by atoms with van der Waals surface area (Å²) in [5.41, 5.74) is 0. The van der Waals surface area contributed by atoms with E-state index in [0.717, 1.165) is 23.3 Å². The van der Waals surface area contributed by atoms with Gasteiger partial charge in [0.2, 0.25) is 0 Å². The molecule has 0 amide bonds. The summed E-state index contributed by atoms with van der Waals surface area (Å²) in [5, 5.41) is 10.1. The van der Waals surface area contributed by atoms with E-state index >= 15 is 0 Å². The van der Waals surface area contributed by atoms with Crippen molar-refractivity contribution in [3.63, 3.8) is 0 Å². The van der Waals surface area contributed by atoms with Gasteiger partial charge in [-0.15, -0.1) is 0 Å². The summed E-state index contributed by atoms with van der Waals surface area (Å²) < 4.78 is 12.3. The third-order valence-electron chi connectivity index (χ3n) is 3.22. The number of β-amino-alcohol motifs (C(OH)–C–C–N with tert-alkyl or cyclic N) is 1. The number of hydrogen-bond acceptors (Lipinski definition) is 4. The van der Waals surface area contributed by atoms with Gasteiger partial charge in [0.25, 0.3) is 0 Å². The van der Waals surface area contributed by atoms with Gasteiger partial charge in [0.05, 0.1) is 12.2 Å². The second-order valence-electron chi connectivity index (χ2n) is 5.39. The van der Waals surface area contributed by atoms with Crippen molar-refractivity contribution >= 4 is 15.9 Å². The predicted molar refractivity (Wildman–Crippen MR) is 82.1 cm³/mol. The van der Waals surface area contributed by atoms with Crippen LogP contribution in [0, 0.1) is 0 Å². The van der Waals surface area contributed by atoms with Crippen molar-refractivity contribution in [2.45, 2.75) is 32.2 Å². The minimum atomic E-state index is -0.490. The molecule has 1 aliphatic heterocycles. The van der Waals surface area contributed by atoms with Crippen LogP contribution in [0.15, 0.2) is 28.7 Å². The molecule has 4 nitrogen and oxygen atoms in total. The first-order valence-electron chi connectivity index (χ1n) is 6.97.